The number of rotatable bonds is 2. The average Bonchev–Trinajstić information content (AvgIpc) is 2.56. The summed E-state index contributed by atoms with van der Waals surface area (Å²) in [4.78, 5) is 12.0. The van der Waals surface area contributed by atoms with Crippen LogP contribution in [-0.2, 0) is 4.79 Å². The summed E-state index contributed by atoms with van der Waals surface area (Å²) in [6, 6.07) is 14.5. The SMILES string of the molecule is CCC#CCN1N=C(c2cccc3ccccc23)CCC1=O. The number of hydrazone groups is 1. The molecular formula is C19H18N2O. The highest BCUT2D eigenvalue weighted by atomic mass is 16.2. The molecule has 0 saturated carbocycles. The van der Waals surface area contributed by atoms with Gasteiger partial charge in [-0.1, -0.05) is 55.3 Å². The van der Waals surface area contributed by atoms with Gasteiger partial charge in [0.05, 0.1) is 5.71 Å². The van der Waals surface area contributed by atoms with Gasteiger partial charge in [0, 0.05) is 24.8 Å². The van der Waals surface area contributed by atoms with Crippen LogP contribution in [0, 0.1) is 11.8 Å². The number of hydrogen-bond acceptors (Lipinski definition) is 2. The fourth-order valence-corrected chi connectivity index (χ4v) is 2.65. The smallest absolute Gasteiger partial charge is 0.243 e. The number of carbonyl (C=O) groups excluding carboxylic acids is 1. The molecule has 0 bridgehead atoms. The Balaban J connectivity index is 1.99. The molecule has 0 spiro atoms. The van der Waals surface area contributed by atoms with Crippen LogP contribution in [0.2, 0.25) is 0 Å². The summed E-state index contributed by atoms with van der Waals surface area (Å²) in [5.74, 6) is 6.03. The minimum atomic E-state index is 0.0504. The number of hydrogen-bond donors (Lipinski definition) is 0. The Morgan fingerprint density at radius 3 is 2.77 bits per heavy atom. The van der Waals surface area contributed by atoms with Gasteiger partial charge in [-0.3, -0.25) is 4.79 Å². The van der Waals surface area contributed by atoms with E-state index >= 15 is 0 Å². The van der Waals surface area contributed by atoms with Crippen molar-refractivity contribution in [2.45, 2.75) is 26.2 Å². The molecular weight excluding hydrogens is 272 g/mol. The van der Waals surface area contributed by atoms with Crippen LogP contribution in [0.15, 0.2) is 47.6 Å². The highest BCUT2D eigenvalue weighted by molar-refractivity contribution is 6.12. The number of fused-ring (bicyclic) bond motifs is 1. The van der Waals surface area contributed by atoms with E-state index in [-0.39, 0.29) is 5.91 Å². The second kappa shape index (κ2) is 6.44. The number of amides is 1. The van der Waals surface area contributed by atoms with Crippen LogP contribution in [-0.4, -0.2) is 23.2 Å². The first-order valence-corrected chi connectivity index (χ1v) is 7.61. The summed E-state index contributed by atoms with van der Waals surface area (Å²) in [7, 11) is 0. The van der Waals surface area contributed by atoms with Crippen LogP contribution < -0.4 is 0 Å². The van der Waals surface area contributed by atoms with Crippen molar-refractivity contribution in [2.75, 3.05) is 6.54 Å². The Morgan fingerprint density at radius 2 is 1.91 bits per heavy atom. The monoisotopic (exact) mass is 290 g/mol. The molecule has 0 atom stereocenters. The molecule has 2 aromatic rings. The van der Waals surface area contributed by atoms with E-state index in [0.29, 0.717) is 19.4 Å². The Bertz CT molecular complexity index is 790. The maximum atomic E-state index is 12.0. The molecule has 0 aliphatic carbocycles. The highest BCUT2D eigenvalue weighted by Crippen LogP contribution is 2.23. The van der Waals surface area contributed by atoms with Gasteiger partial charge >= 0.3 is 0 Å². The molecule has 3 rings (SSSR count). The van der Waals surface area contributed by atoms with Crippen LogP contribution >= 0.6 is 0 Å². The number of benzene rings is 2. The van der Waals surface area contributed by atoms with Gasteiger partial charge in [0.25, 0.3) is 0 Å². The van der Waals surface area contributed by atoms with Gasteiger partial charge in [-0.2, -0.15) is 5.10 Å². The van der Waals surface area contributed by atoms with Crippen LogP contribution in [0.3, 0.4) is 0 Å². The minimum absolute atomic E-state index is 0.0504. The van der Waals surface area contributed by atoms with Crippen LogP contribution in [0.25, 0.3) is 10.8 Å². The highest BCUT2D eigenvalue weighted by Gasteiger charge is 2.21. The lowest BCUT2D eigenvalue weighted by Crippen LogP contribution is -2.32. The van der Waals surface area contributed by atoms with E-state index in [2.05, 4.69) is 41.2 Å². The summed E-state index contributed by atoms with van der Waals surface area (Å²) in [6.07, 6.45) is 1.97. The number of carbonyl (C=O) groups is 1. The molecule has 22 heavy (non-hydrogen) atoms. The predicted octanol–water partition coefficient (Wildman–Crippen LogP) is 3.58. The second-order valence-electron chi connectivity index (χ2n) is 5.23. The molecule has 0 radical (unpaired) electrons. The third-order valence-corrected chi connectivity index (χ3v) is 3.74. The van der Waals surface area contributed by atoms with E-state index in [1.807, 2.05) is 25.1 Å². The molecule has 0 saturated heterocycles. The summed E-state index contributed by atoms with van der Waals surface area (Å²) in [5, 5.41) is 8.43. The van der Waals surface area contributed by atoms with E-state index in [9.17, 15) is 4.79 Å². The Labute approximate surface area is 130 Å². The first kappa shape index (κ1) is 14.3. The third kappa shape index (κ3) is 2.87. The third-order valence-electron chi connectivity index (χ3n) is 3.74. The van der Waals surface area contributed by atoms with Crippen LogP contribution in [0.5, 0.6) is 0 Å². The van der Waals surface area contributed by atoms with E-state index in [0.717, 1.165) is 17.7 Å². The molecule has 0 aromatic heterocycles. The zero-order valence-corrected chi connectivity index (χ0v) is 12.7. The average molecular weight is 290 g/mol. The molecule has 2 aromatic carbocycles. The standard InChI is InChI=1S/C19H18N2O/c1-2-3-6-14-21-19(22)13-12-18(20-21)17-11-7-9-15-8-4-5-10-16(15)17/h4-5,7-11H,2,12-14H2,1H3. The molecule has 1 aliphatic rings. The molecule has 1 heterocycles. The predicted molar refractivity (Wildman–Crippen MR) is 89.5 cm³/mol. The lowest BCUT2D eigenvalue weighted by molar-refractivity contribution is -0.131. The van der Waals surface area contributed by atoms with E-state index in [4.69, 9.17) is 0 Å². The summed E-state index contributed by atoms with van der Waals surface area (Å²) in [6.45, 7) is 2.37. The first-order valence-electron chi connectivity index (χ1n) is 7.61. The largest absolute Gasteiger partial charge is 0.273 e. The van der Waals surface area contributed by atoms with Crippen molar-refractivity contribution in [3.8, 4) is 11.8 Å². The summed E-state index contributed by atoms with van der Waals surface area (Å²) >= 11 is 0. The molecule has 1 amide bonds. The maximum Gasteiger partial charge on any atom is 0.243 e. The fraction of sp³-hybridized carbons (Fsp3) is 0.263. The van der Waals surface area contributed by atoms with Gasteiger partial charge in [0.15, 0.2) is 0 Å². The van der Waals surface area contributed by atoms with Crippen molar-refractivity contribution in [1.82, 2.24) is 5.01 Å². The van der Waals surface area contributed by atoms with Crippen molar-refractivity contribution in [3.05, 3.63) is 48.0 Å². The van der Waals surface area contributed by atoms with Crippen molar-refractivity contribution >= 4 is 22.4 Å². The van der Waals surface area contributed by atoms with Gasteiger partial charge in [-0.15, -0.1) is 5.92 Å². The zero-order valence-electron chi connectivity index (χ0n) is 12.7. The van der Waals surface area contributed by atoms with E-state index in [1.165, 1.54) is 15.8 Å². The van der Waals surface area contributed by atoms with Crippen LogP contribution in [0.1, 0.15) is 31.7 Å². The summed E-state index contributed by atoms with van der Waals surface area (Å²) < 4.78 is 0. The first-order chi connectivity index (χ1) is 10.8. The van der Waals surface area contributed by atoms with Gasteiger partial charge in [0.1, 0.15) is 6.54 Å². The Morgan fingerprint density at radius 1 is 1.09 bits per heavy atom. The lowest BCUT2D eigenvalue weighted by atomic mass is 9.97. The normalized spacial score (nSPS) is 14.5. The molecule has 110 valence electrons. The molecule has 3 nitrogen and oxygen atoms in total. The quantitative estimate of drug-likeness (QED) is 0.778. The molecule has 0 N–H and O–H groups in total. The molecule has 0 fully saturated rings. The Kier molecular flexibility index (Phi) is 4.20. The molecule has 1 aliphatic heterocycles. The van der Waals surface area contributed by atoms with Crippen molar-refractivity contribution in [1.29, 1.82) is 0 Å². The van der Waals surface area contributed by atoms with Gasteiger partial charge < -0.3 is 0 Å². The van der Waals surface area contributed by atoms with Gasteiger partial charge in [-0.05, 0) is 10.8 Å². The van der Waals surface area contributed by atoms with Gasteiger partial charge in [-0.25, -0.2) is 5.01 Å². The van der Waals surface area contributed by atoms with Gasteiger partial charge in [0.2, 0.25) is 5.91 Å². The van der Waals surface area contributed by atoms with Crippen molar-refractivity contribution in [2.24, 2.45) is 5.10 Å². The Hall–Kier alpha value is -2.60. The number of nitrogens with zero attached hydrogens (tertiary/aromatic N) is 2. The second-order valence-corrected chi connectivity index (χ2v) is 5.23. The van der Waals surface area contributed by atoms with E-state index < -0.39 is 0 Å². The fourth-order valence-electron chi connectivity index (χ4n) is 2.65. The zero-order chi connectivity index (χ0) is 15.4. The molecule has 0 unspecified atom stereocenters. The van der Waals surface area contributed by atoms with Crippen LogP contribution in [0.4, 0.5) is 0 Å². The van der Waals surface area contributed by atoms with E-state index in [1.54, 1.807) is 0 Å². The minimum Gasteiger partial charge on any atom is -0.273 e. The topological polar surface area (TPSA) is 32.7 Å². The summed E-state index contributed by atoms with van der Waals surface area (Å²) in [5.41, 5.74) is 2.08. The van der Waals surface area contributed by atoms with Crippen molar-refractivity contribution < 1.29 is 4.79 Å². The molecule has 3 heteroatoms. The van der Waals surface area contributed by atoms with Crippen molar-refractivity contribution in [3.63, 3.8) is 0 Å². The lowest BCUT2D eigenvalue weighted by Gasteiger charge is -2.22. The maximum absolute atomic E-state index is 12.0.